The number of carbonyl (C=O) groups is 2. The minimum Gasteiger partial charge on any atom is -0.342 e. The Balaban J connectivity index is 1.22. The Morgan fingerprint density at radius 3 is 2.21 bits per heavy atom. The topological polar surface area (TPSA) is 69.6 Å². The molecule has 3 aliphatic rings. The third kappa shape index (κ3) is 5.20. The monoisotopic (exact) mass is 521 g/mol. The predicted molar refractivity (Wildman–Crippen MR) is 144 cm³/mol. The van der Waals surface area contributed by atoms with E-state index in [0.717, 1.165) is 82.0 Å². The van der Waals surface area contributed by atoms with E-state index in [1.54, 1.807) is 6.07 Å². The number of fused-ring (bicyclic) bond motifs is 1. The van der Waals surface area contributed by atoms with Crippen molar-refractivity contribution in [1.29, 1.82) is 0 Å². The van der Waals surface area contributed by atoms with Crippen LogP contribution in [0.4, 0.5) is 4.39 Å². The predicted octanol–water partition coefficient (Wildman–Crippen LogP) is 3.84. The van der Waals surface area contributed by atoms with Gasteiger partial charge in [-0.2, -0.15) is 0 Å². The van der Waals surface area contributed by atoms with Gasteiger partial charge in [-0.3, -0.25) is 9.59 Å². The van der Waals surface area contributed by atoms with Crippen molar-refractivity contribution in [2.24, 2.45) is 17.8 Å². The summed E-state index contributed by atoms with van der Waals surface area (Å²) in [4.78, 5) is 40.8. The van der Waals surface area contributed by atoms with Gasteiger partial charge in [0, 0.05) is 45.2 Å². The minimum atomic E-state index is -0.197. The zero-order valence-electron chi connectivity index (χ0n) is 23.1. The Morgan fingerprint density at radius 2 is 1.63 bits per heavy atom. The molecule has 1 aromatic carbocycles. The van der Waals surface area contributed by atoms with Crippen molar-refractivity contribution < 1.29 is 14.0 Å². The molecule has 204 valence electrons. The number of rotatable bonds is 6. The number of halogens is 1. The van der Waals surface area contributed by atoms with Crippen LogP contribution >= 0.6 is 0 Å². The molecule has 1 aromatic heterocycles. The highest BCUT2D eigenvalue weighted by atomic mass is 19.1. The van der Waals surface area contributed by atoms with Crippen LogP contribution in [0.25, 0.3) is 0 Å². The van der Waals surface area contributed by atoms with Gasteiger partial charge in [-0.25, -0.2) is 14.4 Å². The summed E-state index contributed by atoms with van der Waals surface area (Å²) in [6.07, 6.45) is 4.17. The maximum absolute atomic E-state index is 14.3. The van der Waals surface area contributed by atoms with Gasteiger partial charge in [0.2, 0.25) is 5.91 Å². The maximum Gasteiger partial charge on any atom is 0.257 e. The molecule has 8 heteroatoms. The third-order valence-corrected chi connectivity index (χ3v) is 9.16. The van der Waals surface area contributed by atoms with E-state index >= 15 is 0 Å². The van der Waals surface area contributed by atoms with E-state index in [-0.39, 0.29) is 29.0 Å². The summed E-state index contributed by atoms with van der Waals surface area (Å²) >= 11 is 0. The van der Waals surface area contributed by atoms with Crippen LogP contribution in [0.15, 0.2) is 30.6 Å². The molecule has 4 heterocycles. The third-order valence-electron chi connectivity index (χ3n) is 9.16. The first-order valence-electron chi connectivity index (χ1n) is 14.0. The lowest BCUT2D eigenvalue weighted by Crippen LogP contribution is -2.47. The van der Waals surface area contributed by atoms with Crippen LogP contribution in [0.5, 0.6) is 0 Å². The first-order chi connectivity index (χ1) is 18.2. The van der Waals surface area contributed by atoms with Gasteiger partial charge in [0.1, 0.15) is 12.1 Å². The molecule has 0 aliphatic carbocycles. The second-order valence-electron chi connectivity index (χ2n) is 11.9. The van der Waals surface area contributed by atoms with Gasteiger partial charge in [-0.05, 0) is 74.6 Å². The number of hydrogen-bond acceptors (Lipinski definition) is 5. The number of likely N-dealkylation sites (tertiary alicyclic amines) is 3. The van der Waals surface area contributed by atoms with E-state index in [4.69, 9.17) is 0 Å². The summed E-state index contributed by atoms with van der Waals surface area (Å²) in [5, 5.41) is 0. The molecule has 38 heavy (non-hydrogen) atoms. The quantitative estimate of drug-likeness (QED) is 0.578. The maximum atomic E-state index is 14.3. The lowest BCUT2D eigenvalue weighted by atomic mass is 9.70. The van der Waals surface area contributed by atoms with E-state index < -0.39 is 0 Å². The number of benzene rings is 1. The molecule has 0 N–H and O–H groups in total. The van der Waals surface area contributed by atoms with Gasteiger partial charge in [-0.15, -0.1) is 0 Å². The summed E-state index contributed by atoms with van der Waals surface area (Å²) in [7, 11) is 0. The van der Waals surface area contributed by atoms with Crippen LogP contribution in [-0.2, 0) is 10.2 Å². The second-order valence-corrected chi connectivity index (χ2v) is 11.9. The molecular weight excluding hydrogens is 481 g/mol. The molecule has 7 nitrogen and oxygen atoms in total. The molecule has 2 aromatic rings. The average molecular weight is 522 g/mol. The van der Waals surface area contributed by atoms with Gasteiger partial charge in [-0.1, -0.05) is 26.0 Å². The molecule has 2 atom stereocenters. The average Bonchev–Trinajstić information content (AvgIpc) is 3.46. The van der Waals surface area contributed by atoms with E-state index in [1.807, 2.05) is 43.6 Å². The molecule has 5 rings (SSSR count). The summed E-state index contributed by atoms with van der Waals surface area (Å²) in [6, 6.07) is 7.07. The van der Waals surface area contributed by atoms with Gasteiger partial charge < -0.3 is 14.7 Å². The summed E-state index contributed by atoms with van der Waals surface area (Å²) in [6.45, 7) is 13.5. The Labute approximate surface area is 225 Å². The van der Waals surface area contributed by atoms with Crippen LogP contribution in [0.3, 0.4) is 0 Å². The Bertz CT molecular complexity index is 1160. The molecule has 3 aliphatic heterocycles. The highest BCUT2D eigenvalue weighted by molar-refractivity contribution is 5.96. The fourth-order valence-electron chi connectivity index (χ4n) is 6.89. The van der Waals surface area contributed by atoms with Gasteiger partial charge in [0.15, 0.2) is 0 Å². The van der Waals surface area contributed by atoms with Crippen molar-refractivity contribution in [3.05, 3.63) is 58.9 Å². The highest BCUT2D eigenvalue weighted by Crippen LogP contribution is 2.41. The van der Waals surface area contributed by atoms with Crippen molar-refractivity contribution in [3.8, 4) is 0 Å². The van der Waals surface area contributed by atoms with E-state index in [2.05, 4.69) is 20.9 Å². The standard InChI is InChI=1S/C30H40FN5O2/c1-20(2)28(37)35-12-9-30(10-13-35,25-6-5-7-26(31)14-25)8-11-34-15-23-17-36(18-24(23)16-34)29(38)27-21(3)32-19-33-22(27)4/h5-7,14,19-20,23-24H,8-13,15-18H2,1-4H3. The summed E-state index contributed by atoms with van der Waals surface area (Å²) in [5.41, 5.74) is 3.05. The normalized spacial score (nSPS) is 23.2. The molecule has 2 amide bonds. The Morgan fingerprint density at radius 1 is 1.00 bits per heavy atom. The van der Waals surface area contributed by atoms with Gasteiger partial charge >= 0.3 is 0 Å². The summed E-state index contributed by atoms with van der Waals surface area (Å²) in [5.74, 6) is 0.998. The minimum absolute atomic E-state index is 0.00521. The van der Waals surface area contributed by atoms with Crippen LogP contribution in [0, 0.1) is 37.4 Å². The zero-order chi connectivity index (χ0) is 27.0. The highest BCUT2D eigenvalue weighted by Gasteiger charge is 2.44. The molecule has 3 fully saturated rings. The van der Waals surface area contributed by atoms with Crippen molar-refractivity contribution >= 4 is 11.8 Å². The number of aryl methyl sites for hydroxylation is 2. The molecule has 0 spiro atoms. The first-order valence-corrected chi connectivity index (χ1v) is 14.0. The number of amides is 2. The number of nitrogens with zero attached hydrogens (tertiary/aromatic N) is 5. The van der Waals surface area contributed by atoms with E-state index in [9.17, 15) is 14.0 Å². The number of carbonyl (C=O) groups excluding carboxylic acids is 2. The first kappa shape index (κ1) is 26.7. The lowest BCUT2D eigenvalue weighted by Gasteiger charge is -2.43. The van der Waals surface area contributed by atoms with Gasteiger partial charge in [0.25, 0.3) is 5.91 Å². The number of hydrogen-bond donors (Lipinski definition) is 0. The van der Waals surface area contributed by atoms with E-state index in [1.165, 1.54) is 12.4 Å². The van der Waals surface area contributed by atoms with Gasteiger partial charge in [0.05, 0.1) is 17.0 Å². The Kier molecular flexibility index (Phi) is 7.54. The van der Waals surface area contributed by atoms with Crippen LogP contribution in [0.2, 0.25) is 0 Å². The van der Waals surface area contributed by atoms with Crippen LogP contribution < -0.4 is 0 Å². The van der Waals surface area contributed by atoms with Crippen molar-refractivity contribution in [2.75, 3.05) is 45.8 Å². The van der Waals surface area contributed by atoms with Crippen molar-refractivity contribution in [3.63, 3.8) is 0 Å². The number of aromatic nitrogens is 2. The van der Waals surface area contributed by atoms with E-state index in [0.29, 0.717) is 17.4 Å². The molecule has 3 saturated heterocycles. The van der Waals surface area contributed by atoms with Crippen LogP contribution in [-0.4, -0.2) is 82.3 Å². The zero-order valence-corrected chi connectivity index (χ0v) is 23.1. The van der Waals surface area contributed by atoms with Crippen LogP contribution in [0.1, 0.15) is 60.4 Å². The Hall–Kier alpha value is -2.87. The fraction of sp³-hybridized carbons (Fsp3) is 0.600. The summed E-state index contributed by atoms with van der Waals surface area (Å²) < 4.78 is 14.3. The fourth-order valence-corrected chi connectivity index (χ4v) is 6.89. The van der Waals surface area contributed by atoms with Crippen molar-refractivity contribution in [2.45, 2.75) is 52.4 Å². The molecule has 0 radical (unpaired) electrons. The second kappa shape index (κ2) is 10.7. The largest absolute Gasteiger partial charge is 0.342 e. The molecular formula is C30H40FN5O2. The SMILES string of the molecule is Cc1ncnc(C)c1C(=O)N1CC2CN(CCC3(c4cccc(F)c4)CCN(C(=O)C(C)C)CC3)CC2C1. The number of piperidine rings is 1. The smallest absolute Gasteiger partial charge is 0.257 e. The molecule has 0 saturated carbocycles. The molecule has 2 unspecified atom stereocenters. The van der Waals surface area contributed by atoms with Crippen molar-refractivity contribution in [1.82, 2.24) is 24.7 Å². The lowest BCUT2D eigenvalue weighted by molar-refractivity contribution is -0.136. The molecule has 0 bridgehead atoms.